The van der Waals surface area contributed by atoms with Gasteiger partial charge in [-0.25, -0.2) is 0 Å². The number of hydrogen-bond donors (Lipinski definition) is 0. The maximum absolute atomic E-state index is 12.3. The molecule has 0 saturated heterocycles. The van der Waals surface area contributed by atoms with Crippen molar-refractivity contribution in [1.29, 1.82) is 0 Å². The van der Waals surface area contributed by atoms with Gasteiger partial charge in [-0.2, -0.15) is 0 Å². The number of nitrogens with zero attached hydrogens (tertiary/aromatic N) is 1. The van der Waals surface area contributed by atoms with Crippen LogP contribution in [0.4, 0.5) is 5.69 Å². The molecule has 110 valence electrons. The van der Waals surface area contributed by atoms with Crippen LogP contribution < -0.4 is 9.64 Å². The van der Waals surface area contributed by atoms with Crippen LogP contribution in [0.2, 0.25) is 0 Å². The lowest BCUT2D eigenvalue weighted by Crippen LogP contribution is -2.26. The first-order chi connectivity index (χ1) is 10.2. The zero-order valence-electron chi connectivity index (χ0n) is 12.6. The fourth-order valence-electron chi connectivity index (χ4n) is 2.21. The van der Waals surface area contributed by atoms with Crippen LogP contribution in [0, 0.1) is 0 Å². The largest absolute Gasteiger partial charge is 0.494 e. The quantitative estimate of drug-likeness (QED) is 0.809. The molecule has 0 aliphatic heterocycles. The van der Waals surface area contributed by atoms with Crippen molar-refractivity contribution in [2.45, 2.75) is 19.8 Å². The van der Waals surface area contributed by atoms with Crippen molar-refractivity contribution < 1.29 is 9.53 Å². The molecule has 2 aromatic rings. The minimum atomic E-state index is 0.104. The molecule has 2 rings (SSSR count). The second-order valence-electron chi connectivity index (χ2n) is 4.83. The van der Waals surface area contributed by atoms with Gasteiger partial charge in [0.05, 0.1) is 6.61 Å². The Bertz CT molecular complexity index is 581. The number of hydrogen-bond acceptors (Lipinski definition) is 2. The van der Waals surface area contributed by atoms with E-state index in [9.17, 15) is 4.79 Å². The second kappa shape index (κ2) is 7.48. The van der Waals surface area contributed by atoms with Gasteiger partial charge in [0.1, 0.15) is 5.75 Å². The summed E-state index contributed by atoms with van der Waals surface area (Å²) < 4.78 is 5.59. The van der Waals surface area contributed by atoms with Gasteiger partial charge >= 0.3 is 0 Å². The van der Waals surface area contributed by atoms with E-state index in [1.165, 1.54) is 0 Å². The van der Waals surface area contributed by atoms with Crippen LogP contribution >= 0.6 is 0 Å². The van der Waals surface area contributed by atoms with Crippen molar-refractivity contribution in [2.75, 3.05) is 18.6 Å². The Hall–Kier alpha value is -2.29. The third-order valence-corrected chi connectivity index (χ3v) is 3.40. The number of rotatable bonds is 6. The summed E-state index contributed by atoms with van der Waals surface area (Å²) in [4.78, 5) is 14.0. The second-order valence-corrected chi connectivity index (χ2v) is 4.83. The third kappa shape index (κ3) is 4.09. The van der Waals surface area contributed by atoms with Crippen molar-refractivity contribution in [3.05, 3.63) is 60.2 Å². The summed E-state index contributed by atoms with van der Waals surface area (Å²) >= 11 is 0. The molecule has 0 saturated carbocycles. The van der Waals surface area contributed by atoms with E-state index in [1.807, 2.05) is 68.6 Å². The maximum Gasteiger partial charge on any atom is 0.227 e. The lowest BCUT2D eigenvalue weighted by atomic mass is 10.1. The van der Waals surface area contributed by atoms with Gasteiger partial charge in [-0.05, 0) is 37.1 Å². The molecule has 2 aromatic carbocycles. The van der Waals surface area contributed by atoms with Crippen molar-refractivity contribution in [2.24, 2.45) is 0 Å². The Balaban J connectivity index is 1.98. The van der Waals surface area contributed by atoms with E-state index in [1.54, 1.807) is 4.90 Å². The highest BCUT2D eigenvalue weighted by atomic mass is 16.5. The van der Waals surface area contributed by atoms with E-state index in [-0.39, 0.29) is 5.91 Å². The first-order valence-electron chi connectivity index (χ1n) is 7.24. The molecule has 0 aliphatic carbocycles. The molecular weight excluding hydrogens is 262 g/mol. The normalized spacial score (nSPS) is 10.2. The van der Waals surface area contributed by atoms with E-state index in [0.717, 1.165) is 17.0 Å². The summed E-state index contributed by atoms with van der Waals surface area (Å²) in [5.74, 6) is 0.975. The van der Waals surface area contributed by atoms with Gasteiger partial charge in [0.25, 0.3) is 0 Å². The van der Waals surface area contributed by atoms with E-state index < -0.39 is 0 Å². The smallest absolute Gasteiger partial charge is 0.227 e. The minimum absolute atomic E-state index is 0.104. The van der Waals surface area contributed by atoms with Gasteiger partial charge in [0, 0.05) is 19.2 Å². The Labute approximate surface area is 126 Å². The lowest BCUT2D eigenvalue weighted by Gasteiger charge is -2.17. The number of carbonyl (C=O) groups excluding carboxylic acids is 1. The zero-order chi connectivity index (χ0) is 15.1. The number of anilines is 1. The summed E-state index contributed by atoms with van der Waals surface area (Å²) in [5, 5.41) is 0. The molecule has 3 heteroatoms. The third-order valence-electron chi connectivity index (χ3n) is 3.40. The van der Waals surface area contributed by atoms with Gasteiger partial charge in [-0.1, -0.05) is 36.4 Å². The molecule has 0 N–H and O–H groups in total. The molecular formula is C18H21NO2. The number of amides is 1. The van der Waals surface area contributed by atoms with Crippen LogP contribution in [0.3, 0.4) is 0 Å². The van der Waals surface area contributed by atoms with Gasteiger partial charge in [-0.3, -0.25) is 4.79 Å². The predicted molar refractivity (Wildman–Crippen MR) is 85.8 cm³/mol. The van der Waals surface area contributed by atoms with Crippen LogP contribution in [0.1, 0.15) is 18.9 Å². The molecule has 1 amide bonds. The summed E-state index contributed by atoms with van der Waals surface area (Å²) in [6, 6.07) is 17.6. The Morgan fingerprint density at radius 1 is 1.05 bits per heavy atom. The molecule has 21 heavy (non-hydrogen) atoms. The molecule has 0 unspecified atom stereocenters. The molecule has 0 aromatic heterocycles. The highest BCUT2D eigenvalue weighted by molar-refractivity contribution is 5.92. The minimum Gasteiger partial charge on any atom is -0.494 e. The van der Waals surface area contributed by atoms with Crippen LogP contribution in [-0.4, -0.2) is 19.6 Å². The van der Waals surface area contributed by atoms with Crippen LogP contribution in [-0.2, 0) is 11.2 Å². The predicted octanol–water partition coefficient (Wildman–Crippen LogP) is 3.68. The molecule has 0 radical (unpaired) electrons. The lowest BCUT2D eigenvalue weighted by molar-refractivity contribution is -0.118. The molecule has 0 atom stereocenters. The average molecular weight is 283 g/mol. The SMILES string of the molecule is CCOc1ccccc1CCC(=O)N(C)c1ccccc1. The van der Waals surface area contributed by atoms with Crippen LogP contribution in [0.25, 0.3) is 0 Å². The van der Waals surface area contributed by atoms with Crippen molar-refractivity contribution in [3.63, 3.8) is 0 Å². The van der Waals surface area contributed by atoms with Crippen molar-refractivity contribution in [3.8, 4) is 5.75 Å². The van der Waals surface area contributed by atoms with Gasteiger partial charge < -0.3 is 9.64 Å². The standard InChI is InChI=1S/C18H21NO2/c1-3-21-17-12-8-7-9-15(17)13-14-18(20)19(2)16-10-5-4-6-11-16/h4-12H,3,13-14H2,1-2H3. The van der Waals surface area contributed by atoms with Gasteiger partial charge in [0.15, 0.2) is 0 Å². The highest BCUT2D eigenvalue weighted by Crippen LogP contribution is 2.20. The first-order valence-corrected chi connectivity index (χ1v) is 7.24. The number of carbonyl (C=O) groups is 1. The van der Waals surface area contributed by atoms with E-state index in [2.05, 4.69) is 0 Å². The number of ether oxygens (including phenoxy) is 1. The summed E-state index contributed by atoms with van der Waals surface area (Å²) in [6.07, 6.45) is 1.15. The first kappa shape index (κ1) is 15.1. The Kier molecular flexibility index (Phi) is 5.38. The molecule has 0 aliphatic rings. The summed E-state index contributed by atoms with van der Waals surface area (Å²) in [5.41, 5.74) is 2.00. The monoisotopic (exact) mass is 283 g/mol. The fourth-order valence-corrected chi connectivity index (χ4v) is 2.21. The fraction of sp³-hybridized carbons (Fsp3) is 0.278. The average Bonchev–Trinajstić information content (AvgIpc) is 2.54. The van der Waals surface area contributed by atoms with Crippen molar-refractivity contribution >= 4 is 11.6 Å². The number of benzene rings is 2. The molecule has 0 fully saturated rings. The molecule has 0 spiro atoms. The van der Waals surface area contributed by atoms with Gasteiger partial charge in [0.2, 0.25) is 5.91 Å². The molecule has 0 heterocycles. The van der Waals surface area contributed by atoms with Crippen LogP contribution in [0.5, 0.6) is 5.75 Å². The summed E-state index contributed by atoms with van der Waals surface area (Å²) in [6.45, 7) is 2.60. The van der Waals surface area contributed by atoms with Crippen molar-refractivity contribution in [1.82, 2.24) is 0 Å². The molecule has 3 nitrogen and oxygen atoms in total. The summed E-state index contributed by atoms with van der Waals surface area (Å²) in [7, 11) is 1.81. The van der Waals surface area contributed by atoms with E-state index in [0.29, 0.717) is 19.4 Å². The highest BCUT2D eigenvalue weighted by Gasteiger charge is 2.12. The Morgan fingerprint density at radius 3 is 2.43 bits per heavy atom. The van der Waals surface area contributed by atoms with Crippen LogP contribution in [0.15, 0.2) is 54.6 Å². The number of aryl methyl sites for hydroxylation is 1. The Morgan fingerprint density at radius 2 is 1.71 bits per heavy atom. The van der Waals surface area contributed by atoms with E-state index >= 15 is 0 Å². The maximum atomic E-state index is 12.3. The van der Waals surface area contributed by atoms with Gasteiger partial charge in [-0.15, -0.1) is 0 Å². The zero-order valence-corrected chi connectivity index (χ0v) is 12.6. The number of para-hydroxylation sites is 2. The van der Waals surface area contributed by atoms with E-state index in [4.69, 9.17) is 4.74 Å². The topological polar surface area (TPSA) is 29.5 Å². The molecule has 0 bridgehead atoms.